The van der Waals surface area contributed by atoms with Crippen molar-refractivity contribution in [2.75, 3.05) is 6.61 Å². The quantitative estimate of drug-likeness (QED) is 0.702. The number of ether oxygens (including phenoxy) is 1. The second kappa shape index (κ2) is 4.20. The van der Waals surface area contributed by atoms with Crippen LogP contribution in [0.2, 0.25) is 0 Å². The minimum atomic E-state index is -1.63. The monoisotopic (exact) mass is 210 g/mol. The van der Waals surface area contributed by atoms with Crippen LogP contribution in [0.4, 0.5) is 4.39 Å². The second-order valence-corrected chi connectivity index (χ2v) is 3.81. The summed E-state index contributed by atoms with van der Waals surface area (Å²) in [6.45, 7) is 0.517. The van der Waals surface area contributed by atoms with Gasteiger partial charge in [-0.15, -0.1) is 0 Å². The molecule has 1 fully saturated rings. The molecule has 80 valence electrons. The van der Waals surface area contributed by atoms with Crippen LogP contribution in [-0.2, 0) is 0 Å². The number of benzene rings is 1. The van der Waals surface area contributed by atoms with Gasteiger partial charge in [0.25, 0.3) is 0 Å². The minimum absolute atomic E-state index is 0.206. The van der Waals surface area contributed by atoms with Crippen molar-refractivity contribution >= 4 is 12.6 Å². The van der Waals surface area contributed by atoms with E-state index in [2.05, 4.69) is 0 Å². The maximum absolute atomic E-state index is 12.9. The standard InChI is InChI=1S/C10H12BFO3/c12-8-3-4-9(11(13)14)10(5-8)15-6-7-1-2-7/h3-5,7,13-14H,1-2,6H2. The highest BCUT2D eigenvalue weighted by atomic mass is 19.1. The molecule has 2 rings (SSSR count). The number of rotatable bonds is 4. The molecule has 15 heavy (non-hydrogen) atoms. The van der Waals surface area contributed by atoms with E-state index in [9.17, 15) is 4.39 Å². The Kier molecular flexibility index (Phi) is 2.93. The molecule has 0 aromatic heterocycles. The molecular formula is C10H12BFO3. The van der Waals surface area contributed by atoms with E-state index >= 15 is 0 Å². The first-order valence-electron chi connectivity index (χ1n) is 4.95. The van der Waals surface area contributed by atoms with Crippen LogP contribution >= 0.6 is 0 Å². The number of halogens is 1. The highest BCUT2D eigenvalue weighted by molar-refractivity contribution is 6.59. The maximum Gasteiger partial charge on any atom is 0.492 e. The zero-order valence-electron chi connectivity index (χ0n) is 8.19. The van der Waals surface area contributed by atoms with Crippen LogP contribution in [0.15, 0.2) is 18.2 Å². The molecule has 3 nitrogen and oxygen atoms in total. The summed E-state index contributed by atoms with van der Waals surface area (Å²) >= 11 is 0. The highest BCUT2D eigenvalue weighted by Crippen LogP contribution is 2.29. The van der Waals surface area contributed by atoms with Gasteiger partial charge in [-0.2, -0.15) is 0 Å². The molecule has 1 saturated carbocycles. The Bertz CT molecular complexity index is 353. The summed E-state index contributed by atoms with van der Waals surface area (Å²) in [7, 11) is -1.63. The normalized spacial score (nSPS) is 15.1. The zero-order chi connectivity index (χ0) is 10.8. The minimum Gasteiger partial charge on any atom is -0.494 e. The molecule has 0 bridgehead atoms. The van der Waals surface area contributed by atoms with Crippen molar-refractivity contribution in [3.63, 3.8) is 0 Å². The van der Waals surface area contributed by atoms with E-state index in [0.29, 0.717) is 12.5 Å². The fraction of sp³-hybridized carbons (Fsp3) is 0.400. The lowest BCUT2D eigenvalue weighted by Crippen LogP contribution is -2.31. The Morgan fingerprint density at radius 1 is 1.40 bits per heavy atom. The summed E-state index contributed by atoms with van der Waals surface area (Å²) in [5, 5.41) is 18.1. The molecule has 0 heterocycles. The van der Waals surface area contributed by atoms with E-state index in [1.807, 2.05) is 0 Å². The van der Waals surface area contributed by atoms with Crippen molar-refractivity contribution in [1.82, 2.24) is 0 Å². The largest absolute Gasteiger partial charge is 0.494 e. The SMILES string of the molecule is OB(O)c1ccc(F)cc1OCC1CC1. The first kappa shape index (κ1) is 10.5. The fourth-order valence-corrected chi connectivity index (χ4v) is 1.34. The molecule has 5 heteroatoms. The van der Waals surface area contributed by atoms with Gasteiger partial charge >= 0.3 is 7.12 Å². The lowest BCUT2D eigenvalue weighted by atomic mass is 9.79. The molecule has 1 aliphatic rings. The molecule has 0 spiro atoms. The molecule has 0 saturated heterocycles. The van der Waals surface area contributed by atoms with Crippen molar-refractivity contribution in [3.8, 4) is 5.75 Å². The Balaban J connectivity index is 2.13. The summed E-state index contributed by atoms with van der Waals surface area (Å²) < 4.78 is 18.3. The number of hydrogen-bond donors (Lipinski definition) is 2. The van der Waals surface area contributed by atoms with Crippen molar-refractivity contribution < 1.29 is 19.2 Å². The first-order chi connectivity index (χ1) is 7.16. The molecule has 0 atom stereocenters. The average molecular weight is 210 g/mol. The molecule has 0 aliphatic heterocycles. The van der Waals surface area contributed by atoms with Crippen molar-refractivity contribution in [3.05, 3.63) is 24.0 Å². The average Bonchev–Trinajstić information content (AvgIpc) is 2.97. The van der Waals surface area contributed by atoms with Gasteiger partial charge < -0.3 is 14.8 Å². The van der Waals surface area contributed by atoms with Gasteiger partial charge in [0, 0.05) is 11.5 Å². The highest BCUT2D eigenvalue weighted by Gasteiger charge is 2.24. The van der Waals surface area contributed by atoms with E-state index in [0.717, 1.165) is 12.8 Å². The lowest BCUT2D eigenvalue weighted by molar-refractivity contribution is 0.299. The molecule has 0 unspecified atom stereocenters. The van der Waals surface area contributed by atoms with Gasteiger partial charge in [0.2, 0.25) is 0 Å². The number of hydrogen-bond acceptors (Lipinski definition) is 3. The third-order valence-corrected chi connectivity index (χ3v) is 2.43. The fourth-order valence-electron chi connectivity index (χ4n) is 1.34. The predicted octanol–water partition coefficient (Wildman–Crippen LogP) is 0.294. The van der Waals surface area contributed by atoms with E-state index in [-0.39, 0.29) is 11.2 Å². The van der Waals surface area contributed by atoms with Gasteiger partial charge in [0.1, 0.15) is 11.6 Å². The van der Waals surface area contributed by atoms with Crippen LogP contribution in [0.1, 0.15) is 12.8 Å². The predicted molar refractivity (Wildman–Crippen MR) is 54.4 cm³/mol. The molecule has 0 radical (unpaired) electrons. The molecular weight excluding hydrogens is 198 g/mol. The van der Waals surface area contributed by atoms with E-state index in [1.54, 1.807) is 0 Å². The third kappa shape index (κ3) is 2.70. The Morgan fingerprint density at radius 2 is 2.13 bits per heavy atom. The maximum atomic E-state index is 12.9. The molecule has 1 aliphatic carbocycles. The summed E-state index contributed by atoms with van der Waals surface area (Å²) in [5.74, 6) is 0.319. The summed E-state index contributed by atoms with van der Waals surface area (Å²) in [6, 6.07) is 3.68. The van der Waals surface area contributed by atoms with Crippen LogP contribution in [-0.4, -0.2) is 23.8 Å². The van der Waals surface area contributed by atoms with Crippen LogP contribution in [0.5, 0.6) is 5.75 Å². The third-order valence-electron chi connectivity index (χ3n) is 2.43. The molecule has 2 N–H and O–H groups in total. The smallest absolute Gasteiger partial charge is 0.492 e. The zero-order valence-corrected chi connectivity index (χ0v) is 8.19. The topological polar surface area (TPSA) is 49.7 Å². The van der Waals surface area contributed by atoms with Crippen LogP contribution < -0.4 is 10.2 Å². The van der Waals surface area contributed by atoms with Gasteiger partial charge in [-0.3, -0.25) is 0 Å². The van der Waals surface area contributed by atoms with Crippen molar-refractivity contribution in [2.45, 2.75) is 12.8 Å². The molecule has 1 aromatic carbocycles. The Morgan fingerprint density at radius 3 is 2.73 bits per heavy atom. The van der Waals surface area contributed by atoms with Gasteiger partial charge in [-0.05, 0) is 24.8 Å². The molecule has 1 aromatic rings. The van der Waals surface area contributed by atoms with Crippen LogP contribution in [0.25, 0.3) is 0 Å². The van der Waals surface area contributed by atoms with Gasteiger partial charge in [0.15, 0.2) is 0 Å². The Hall–Kier alpha value is -1.07. The van der Waals surface area contributed by atoms with Gasteiger partial charge in [0.05, 0.1) is 6.61 Å². The first-order valence-corrected chi connectivity index (χ1v) is 4.95. The van der Waals surface area contributed by atoms with E-state index in [1.165, 1.54) is 18.2 Å². The summed E-state index contributed by atoms with van der Waals surface area (Å²) in [6.07, 6.45) is 2.26. The summed E-state index contributed by atoms with van der Waals surface area (Å²) in [4.78, 5) is 0. The second-order valence-electron chi connectivity index (χ2n) is 3.81. The van der Waals surface area contributed by atoms with Crippen molar-refractivity contribution in [1.29, 1.82) is 0 Å². The van der Waals surface area contributed by atoms with Crippen LogP contribution in [0, 0.1) is 11.7 Å². The van der Waals surface area contributed by atoms with Crippen molar-refractivity contribution in [2.24, 2.45) is 5.92 Å². The molecule has 0 amide bonds. The lowest BCUT2D eigenvalue weighted by Gasteiger charge is -2.10. The Labute approximate surface area is 87.6 Å². The van der Waals surface area contributed by atoms with E-state index < -0.39 is 12.9 Å². The van der Waals surface area contributed by atoms with Gasteiger partial charge in [-0.1, -0.05) is 6.07 Å². The van der Waals surface area contributed by atoms with Gasteiger partial charge in [-0.25, -0.2) is 4.39 Å². The van der Waals surface area contributed by atoms with E-state index in [4.69, 9.17) is 14.8 Å². The van der Waals surface area contributed by atoms with Crippen LogP contribution in [0.3, 0.4) is 0 Å². The summed E-state index contributed by atoms with van der Waals surface area (Å²) in [5.41, 5.74) is 0.206.